The number of likely N-dealkylation sites (N-methyl/N-ethyl adjacent to an activating group) is 1. The van der Waals surface area contributed by atoms with Gasteiger partial charge in [0.25, 0.3) is 0 Å². The van der Waals surface area contributed by atoms with Gasteiger partial charge in [-0.1, -0.05) is 12.8 Å². The minimum atomic E-state index is 0.131. The fourth-order valence-electron chi connectivity index (χ4n) is 3.29. The first kappa shape index (κ1) is 16.3. The summed E-state index contributed by atoms with van der Waals surface area (Å²) in [6, 6.07) is 0. The van der Waals surface area contributed by atoms with Crippen LogP contribution in [0.15, 0.2) is 0 Å². The van der Waals surface area contributed by atoms with Crippen LogP contribution in [-0.2, 0) is 11.3 Å². The molecule has 0 N–H and O–H groups in total. The average Bonchev–Trinajstić information content (AvgIpc) is 2.83. The number of carbonyl (C=O) groups excluding carboxylic acids is 1. The van der Waals surface area contributed by atoms with E-state index in [2.05, 4.69) is 26.7 Å². The maximum absolute atomic E-state index is 12.4. The molecule has 2 fully saturated rings. The van der Waals surface area contributed by atoms with Gasteiger partial charge in [-0.2, -0.15) is 0 Å². The summed E-state index contributed by atoms with van der Waals surface area (Å²) in [7, 11) is 3.94. The number of rotatable bonds is 7. The highest BCUT2D eigenvalue weighted by atomic mass is 16.2. The second-order valence-corrected chi connectivity index (χ2v) is 7.16. The summed E-state index contributed by atoms with van der Waals surface area (Å²) in [5.74, 6) is 3.24. The van der Waals surface area contributed by atoms with Crippen LogP contribution < -0.4 is 4.90 Å². The van der Waals surface area contributed by atoms with E-state index in [-0.39, 0.29) is 5.91 Å². The maximum atomic E-state index is 12.4. The Morgan fingerprint density at radius 2 is 1.87 bits per heavy atom. The van der Waals surface area contributed by atoms with E-state index in [9.17, 15) is 4.79 Å². The normalized spacial score (nSPS) is 18.4. The largest absolute Gasteiger partial charge is 0.344 e. The van der Waals surface area contributed by atoms with Crippen LogP contribution in [-0.4, -0.2) is 52.8 Å². The Balaban J connectivity index is 1.79. The van der Waals surface area contributed by atoms with Gasteiger partial charge in [0.05, 0.1) is 0 Å². The summed E-state index contributed by atoms with van der Waals surface area (Å²) in [6.45, 7) is 4.10. The van der Waals surface area contributed by atoms with E-state index < -0.39 is 0 Å². The molecule has 0 unspecified atom stereocenters. The van der Waals surface area contributed by atoms with E-state index in [0.29, 0.717) is 12.5 Å². The third kappa shape index (κ3) is 3.35. The van der Waals surface area contributed by atoms with E-state index in [1.54, 1.807) is 4.90 Å². The number of carbonyl (C=O) groups is 1. The zero-order valence-corrected chi connectivity index (χ0v) is 14.7. The molecule has 0 atom stereocenters. The molecule has 1 aromatic rings. The lowest BCUT2D eigenvalue weighted by atomic mass is 9.84. The molecule has 2 aliphatic carbocycles. The molecular weight excluding hydrogens is 290 g/mol. The van der Waals surface area contributed by atoms with Gasteiger partial charge in [-0.3, -0.25) is 9.36 Å². The summed E-state index contributed by atoms with van der Waals surface area (Å²) in [5, 5.41) is 8.89. The highest BCUT2D eigenvalue weighted by Gasteiger charge is 2.29. The monoisotopic (exact) mass is 319 g/mol. The maximum Gasteiger partial charge on any atom is 0.242 e. The van der Waals surface area contributed by atoms with Crippen LogP contribution in [0.3, 0.4) is 0 Å². The van der Waals surface area contributed by atoms with Crippen LogP contribution in [0, 0.1) is 5.92 Å². The average molecular weight is 319 g/mol. The summed E-state index contributed by atoms with van der Waals surface area (Å²) >= 11 is 0. The summed E-state index contributed by atoms with van der Waals surface area (Å²) in [5.41, 5.74) is 0. The number of nitrogens with zero attached hydrogens (tertiary/aromatic N) is 5. The van der Waals surface area contributed by atoms with Crippen molar-refractivity contribution >= 4 is 11.9 Å². The van der Waals surface area contributed by atoms with Crippen molar-refractivity contribution in [1.82, 2.24) is 19.7 Å². The van der Waals surface area contributed by atoms with Gasteiger partial charge in [-0.15, -0.1) is 10.2 Å². The quantitative estimate of drug-likeness (QED) is 0.773. The summed E-state index contributed by atoms with van der Waals surface area (Å²) in [4.78, 5) is 16.4. The van der Waals surface area contributed by atoms with Crippen LogP contribution in [0.25, 0.3) is 0 Å². The van der Waals surface area contributed by atoms with Crippen LogP contribution in [0.2, 0.25) is 0 Å². The van der Waals surface area contributed by atoms with Crippen molar-refractivity contribution in [3.05, 3.63) is 5.82 Å². The Kier molecular flexibility index (Phi) is 4.87. The van der Waals surface area contributed by atoms with Gasteiger partial charge >= 0.3 is 0 Å². The molecule has 1 amide bonds. The van der Waals surface area contributed by atoms with Crippen molar-refractivity contribution in [2.75, 3.05) is 32.1 Å². The summed E-state index contributed by atoms with van der Waals surface area (Å²) in [6.07, 6.45) is 7.56. The van der Waals surface area contributed by atoms with Gasteiger partial charge in [0, 0.05) is 33.1 Å². The Labute approximate surface area is 138 Å². The Bertz CT molecular complexity index is 547. The fourth-order valence-corrected chi connectivity index (χ4v) is 3.29. The number of hydrogen-bond acceptors (Lipinski definition) is 4. The molecule has 0 aliphatic heterocycles. The van der Waals surface area contributed by atoms with Gasteiger partial charge in [-0.05, 0) is 38.5 Å². The molecular formula is C17H29N5O. The molecule has 0 radical (unpaired) electrons. The lowest BCUT2D eigenvalue weighted by Crippen LogP contribution is -2.35. The Hall–Kier alpha value is -1.59. The number of hydrogen-bond donors (Lipinski definition) is 0. The van der Waals surface area contributed by atoms with Crippen molar-refractivity contribution in [1.29, 1.82) is 0 Å². The zero-order chi connectivity index (χ0) is 16.4. The second-order valence-electron chi connectivity index (χ2n) is 7.16. The molecule has 6 heteroatoms. The van der Waals surface area contributed by atoms with E-state index in [1.807, 2.05) is 14.0 Å². The predicted molar refractivity (Wildman–Crippen MR) is 90.5 cm³/mol. The first-order chi connectivity index (χ1) is 11.1. The molecule has 3 rings (SSSR count). The predicted octanol–water partition coefficient (Wildman–Crippen LogP) is 2.26. The van der Waals surface area contributed by atoms with E-state index in [0.717, 1.165) is 30.8 Å². The number of anilines is 1. The van der Waals surface area contributed by atoms with Gasteiger partial charge in [0.15, 0.2) is 0 Å². The van der Waals surface area contributed by atoms with Crippen LogP contribution >= 0.6 is 0 Å². The molecule has 0 bridgehead atoms. The molecule has 23 heavy (non-hydrogen) atoms. The molecule has 1 heterocycles. The molecule has 2 saturated carbocycles. The molecule has 2 aliphatic rings. The lowest BCUT2D eigenvalue weighted by Gasteiger charge is -2.31. The molecule has 0 saturated heterocycles. The van der Waals surface area contributed by atoms with E-state index in [4.69, 9.17) is 0 Å². The minimum absolute atomic E-state index is 0.131. The Morgan fingerprint density at radius 1 is 1.17 bits per heavy atom. The van der Waals surface area contributed by atoms with E-state index >= 15 is 0 Å². The molecule has 0 spiro atoms. The van der Waals surface area contributed by atoms with Crippen molar-refractivity contribution in [2.45, 2.75) is 57.9 Å². The minimum Gasteiger partial charge on any atom is -0.344 e. The SMILES string of the molecule is CCN(C)C(=O)Cn1c(C2CCC2)nnc1N(C)CC1CCC1. The molecule has 128 valence electrons. The standard InChI is InChI=1S/C17H29N5O/c1-4-20(2)15(23)12-22-16(14-9-6-10-14)18-19-17(22)21(3)11-13-7-5-8-13/h13-14H,4-12H2,1-3H3. The molecule has 0 aromatic carbocycles. The van der Waals surface area contributed by atoms with Gasteiger partial charge in [0.1, 0.15) is 12.4 Å². The summed E-state index contributed by atoms with van der Waals surface area (Å²) < 4.78 is 2.07. The van der Waals surface area contributed by atoms with Gasteiger partial charge in [-0.25, -0.2) is 0 Å². The third-order valence-corrected chi connectivity index (χ3v) is 5.52. The van der Waals surface area contributed by atoms with Gasteiger partial charge in [0.2, 0.25) is 11.9 Å². The first-order valence-corrected chi connectivity index (χ1v) is 8.98. The first-order valence-electron chi connectivity index (χ1n) is 8.98. The van der Waals surface area contributed by atoms with Crippen LogP contribution in [0.1, 0.15) is 57.2 Å². The topological polar surface area (TPSA) is 54.3 Å². The van der Waals surface area contributed by atoms with Crippen molar-refractivity contribution in [3.63, 3.8) is 0 Å². The molecule has 1 aromatic heterocycles. The van der Waals surface area contributed by atoms with Crippen LogP contribution in [0.4, 0.5) is 5.95 Å². The smallest absolute Gasteiger partial charge is 0.242 e. The number of amides is 1. The fraction of sp³-hybridized carbons (Fsp3) is 0.824. The highest BCUT2D eigenvalue weighted by Crippen LogP contribution is 2.37. The zero-order valence-electron chi connectivity index (χ0n) is 14.7. The van der Waals surface area contributed by atoms with Crippen molar-refractivity contribution in [3.8, 4) is 0 Å². The van der Waals surface area contributed by atoms with Gasteiger partial charge < -0.3 is 9.80 Å². The highest BCUT2D eigenvalue weighted by molar-refractivity contribution is 5.76. The Morgan fingerprint density at radius 3 is 2.39 bits per heavy atom. The molecule has 6 nitrogen and oxygen atoms in total. The lowest BCUT2D eigenvalue weighted by molar-refractivity contribution is -0.130. The number of aromatic nitrogens is 3. The third-order valence-electron chi connectivity index (χ3n) is 5.52. The van der Waals surface area contributed by atoms with Crippen molar-refractivity contribution in [2.24, 2.45) is 5.92 Å². The second kappa shape index (κ2) is 6.89. The van der Waals surface area contributed by atoms with Crippen LogP contribution in [0.5, 0.6) is 0 Å². The van der Waals surface area contributed by atoms with Crippen molar-refractivity contribution < 1.29 is 4.79 Å². The van der Waals surface area contributed by atoms with E-state index in [1.165, 1.54) is 38.5 Å².